The van der Waals surface area contributed by atoms with Crippen molar-refractivity contribution in [2.24, 2.45) is 0 Å². The number of piperazine rings is 1. The van der Waals surface area contributed by atoms with Crippen LogP contribution in [0.25, 0.3) is 10.2 Å². The van der Waals surface area contributed by atoms with Crippen molar-refractivity contribution in [3.8, 4) is 11.5 Å². The Morgan fingerprint density at radius 3 is 2.72 bits per heavy atom. The van der Waals surface area contributed by atoms with E-state index in [2.05, 4.69) is 11.8 Å². The van der Waals surface area contributed by atoms with Gasteiger partial charge in [-0.15, -0.1) is 0 Å². The minimum atomic E-state index is 0.131. The number of amides is 1. The number of hydrogen-bond acceptors (Lipinski definition) is 6. The summed E-state index contributed by atoms with van der Waals surface area (Å²) in [4.78, 5) is 21.7. The average Bonchev–Trinajstić information content (AvgIpc) is 3.38. The van der Waals surface area contributed by atoms with Crippen LogP contribution in [0.4, 0.5) is 5.13 Å². The van der Waals surface area contributed by atoms with E-state index < -0.39 is 0 Å². The molecule has 0 atom stereocenters. The third-order valence-corrected chi connectivity index (χ3v) is 6.96. The maximum atomic E-state index is 12.7. The van der Waals surface area contributed by atoms with Gasteiger partial charge in [-0.2, -0.15) is 0 Å². The standard InChI is InChI=1S/C21H20ClN3O3S/c1-13-2-4-15(22)20-19(13)23-21(29-20)25-8-6-24(7-9-25)18(26)11-14-3-5-16-17(10-14)28-12-27-16/h2-5,10H,6-9,11-12H2,1H3. The molecule has 0 N–H and O–H groups in total. The van der Waals surface area contributed by atoms with Crippen LogP contribution in [0, 0.1) is 6.92 Å². The molecule has 0 spiro atoms. The summed E-state index contributed by atoms with van der Waals surface area (Å²) >= 11 is 7.96. The highest BCUT2D eigenvalue weighted by Gasteiger charge is 2.24. The first-order valence-corrected chi connectivity index (χ1v) is 10.7. The van der Waals surface area contributed by atoms with Crippen molar-refractivity contribution in [3.63, 3.8) is 0 Å². The summed E-state index contributed by atoms with van der Waals surface area (Å²) in [6, 6.07) is 9.61. The molecule has 1 fully saturated rings. The summed E-state index contributed by atoms with van der Waals surface area (Å²) in [5.41, 5.74) is 3.04. The molecular formula is C21H20ClN3O3S. The van der Waals surface area contributed by atoms with Crippen LogP contribution < -0.4 is 14.4 Å². The van der Waals surface area contributed by atoms with Gasteiger partial charge in [-0.05, 0) is 36.2 Å². The molecule has 5 rings (SSSR count). The molecule has 3 aromatic rings. The van der Waals surface area contributed by atoms with Gasteiger partial charge in [0, 0.05) is 26.2 Å². The van der Waals surface area contributed by atoms with Crippen LogP contribution in [0.1, 0.15) is 11.1 Å². The van der Waals surface area contributed by atoms with Crippen molar-refractivity contribution in [3.05, 3.63) is 46.5 Å². The topological polar surface area (TPSA) is 54.9 Å². The van der Waals surface area contributed by atoms with Crippen molar-refractivity contribution in [2.75, 3.05) is 37.9 Å². The van der Waals surface area contributed by atoms with Gasteiger partial charge in [0.05, 0.1) is 21.7 Å². The van der Waals surface area contributed by atoms with Gasteiger partial charge in [0.1, 0.15) is 0 Å². The van der Waals surface area contributed by atoms with Gasteiger partial charge < -0.3 is 19.3 Å². The molecule has 0 aliphatic carbocycles. The Bertz CT molecular complexity index is 1050. The van der Waals surface area contributed by atoms with Crippen LogP contribution in [0.3, 0.4) is 0 Å². The zero-order valence-corrected chi connectivity index (χ0v) is 17.6. The van der Waals surface area contributed by atoms with E-state index in [4.69, 9.17) is 26.1 Å². The lowest BCUT2D eigenvalue weighted by Crippen LogP contribution is -2.49. The SMILES string of the molecule is Cc1ccc(Cl)c2sc(N3CCN(C(=O)Cc4ccc5c(c4)OCO5)CC3)nc12. The van der Waals surface area contributed by atoms with E-state index in [0.29, 0.717) is 25.3 Å². The Balaban J connectivity index is 1.24. The van der Waals surface area contributed by atoms with E-state index in [1.807, 2.05) is 35.2 Å². The normalized spacial score (nSPS) is 15.9. The van der Waals surface area contributed by atoms with Gasteiger partial charge in [-0.25, -0.2) is 4.98 Å². The highest BCUT2D eigenvalue weighted by Crippen LogP contribution is 2.36. The largest absolute Gasteiger partial charge is 0.454 e. The van der Waals surface area contributed by atoms with Gasteiger partial charge in [0.15, 0.2) is 16.6 Å². The molecule has 1 amide bonds. The molecule has 6 nitrogen and oxygen atoms in total. The maximum Gasteiger partial charge on any atom is 0.231 e. The van der Waals surface area contributed by atoms with Crippen LogP contribution in [0.15, 0.2) is 30.3 Å². The maximum absolute atomic E-state index is 12.7. The summed E-state index contributed by atoms with van der Waals surface area (Å²) in [5, 5.41) is 1.71. The second kappa shape index (κ2) is 7.39. The molecule has 3 heterocycles. The van der Waals surface area contributed by atoms with E-state index in [-0.39, 0.29) is 12.7 Å². The van der Waals surface area contributed by atoms with Gasteiger partial charge in [0.2, 0.25) is 12.7 Å². The summed E-state index contributed by atoms with van der Waals surface area (Å²) in [6.07, 6.45) is 0.368. The molecule has 2 aliphatic heterocycles. The highest BCUT2D eigenvalue weighted by atomic mass is 35.5. The average molecular weight is 430 g/mol. The fourth-order valence-corrected chi connectivity index (χ4v) is 5.08. The number of thiazole rings is 1. The third-order valence-electron chi connectivity index (χ3n) is 5.38. The Labute approximate surface area is 177 Å². The summed E-state index contributed by atoms with van der Waals surface area (Å²) in [5.74, 6) is 1.58. The molecule has 150 valence electrons. The Morgan fingerprint density at radius 1 is 1.14 bits per heavy atom. The number of halogens is 1. The van der Waals surface area contributed by atoms with Gasteiger partial charge in [-0.3, -0.25) is 4.79 Å². The Morgan fingerprint density at radius 2 is 1.93 bits per heavy atom. The first kappa shape index (κ1) is 18.5. The summed E-state index contributed by atoms with van der Waals surface area (Å²) in [7, 11) is 0. The van der Waals surface area contributed by atoms with Crippen LogP contribution in [-0.2, 0) is 11.2 Å². The number of benzene rings is 2. The second-order valence-corrected chi connectivity index (χ2v) is 8.66. The molecule has 0 bridgehead atoms. The van der Waals surface area contributed by atoms with E-state index >= 15 is 0 Å². The fourth-order valence-electron chi connectivity index (χ4n) is 3.71. The van der Waals surface area contributed by atoms with Crippen LogP contribution in [0.2, 0.25) is 5.02 Å². The number of carbonyl (C=O) groups is 1. The molecule has 0 unspecified atom stereocenters. The lowest BCUT2D eigenvalue weighted by Gasteiger charge is -2.34. The number of carbonyl (C=O) groups excluding carboxylic acids is 1. The Kier molecular flexibility index (Phi) is 4.72. The number of fused-ring (bicyclic) bond motifs is 2. The Hall–Kier alpha value is -2.51. The minimum absolute atomic E-state index is 0.131. The molecule has 0 radical (unpaired) electrons. The number of nitrogens with zero attached hydrogens (tertiary/aromatic N) is 3. The summed E-state index contributed by atoms with van der Waals surface area (Å²) in [6.45, 7) is 5.20. The molecule has 8 heteroatoms. The number of aromatic nitrogens is 1. The van der Waals surface area contributed by atoms with Crippen molar-refractivity contribution in [2.45, 2.75) is 13.3 Å². The van der Waals surface area contributed by atoms with Crippen molar-refractivity contribution < 1.29 is 14.3 Å². The zero-order valence-electron chi connectivity index (χ0n) is 16.0. The molecule has 0 saturated carbocycles. The molecule has 1 saturated heterocycles. The van der Waals surface area contributed by atoms with E-state index in [9.17, 15) is 4.79 Å². The summed E-state index contributed by atoms with van der Waals surface area (Å²) < 4.78 is 11.8. The second-order valence-electron chi connectivity index (χ2n) is 7.27. The van der Waals surface area contributed by atoms with Crippen LogP contribution >= 0.6 is 22.9 Å². The van der Waals surface area contributed by atoms with Gasteiger partial charge in [0.25, 0.3) is 0 Å². The number of ether oxygens (including phenoxy) is 2. The highest BCUT2D eigenvalue weighted by molar-refractivity contribution is 7.22. The minimum Gasteiger partial charge on any atom is -0.454 e. The zero-order chi connectivity index (χ0) is 20.0. The quantitative estimate of drug-likeness (QED) is 0.632. The first-order valence-electron chi connectivity index (χ1n) is 9.55. The molecule has 29 heavy (non-hydrogen) atoms. The van der Waals surface area contributed by atoms with E-state index in [1.54, 1.807) is 11.3 Å². The molecule has 1 aromatic heterocycles. The lowest BCUT2D eigenvalue weighted by molar-refractivity contribution is -0.130. The fraction of sp³-hybridized carbons (Fsp3) is 0.333. The number of hydrogen-bond donors (Lipinski definition) is 0. The monoisotopic (exact) mass is 429 g/mol. The first-order chi connectivity index (χ1) is 14.1. The van der Waals surface area contributed by atoms with Gasteiger partial charge in [-0.1, -0.05) is 35.1 Å². The predicted molar refractivity (Wildman–Crippen MR) is 114 cm³/mol. The van der Waals surface area contributed by atoms with Crippen LogP contribution in [0.5, 0.6) is 11.5 Å². The lowest BCUT2D eigenvalue weighted by atomic mass is 10.1. The molecular weight excluding hydrogens is 410 g/mol. The number of anilines is 1. The molecule has 2 aromatic carbocycles. The number of aryl methyl sites for hydroxylation is 1. The molecule has 2 aliphatic rings. The smallest absolute Gasteiger partial charge is 0.231 e. The van der Waals surface area contributed by atoms with Crippen molar-refractivity contribution >= 4 is 44.2 Å². The van der Waals surface area contributed by atoms with Crippen LogP contribution in [-0.4, -0.2) is 48.8 Å². The van der Waals surface area contributed by atoms with E-state index in [0.717, 1.165) is 50.3 Å². The van der Waals surface area contributed by atoms with E-state index in [1.165, 1.54) is 0 Å². The van der Waals surface area contributed by atoms with Crippen molar-refractivity contribution in [1.29, 1.82) is 0 Å². The third kappa shape index (κ3) is 3.49. The van der Waals surface area contributed by atoms with Gasteiger partial charge >= 0.3 is 0 Å². The number of rotatable bonds is 3. The predicted octanol–water partition coefficient (Wildman–Crippen LogP) is 3.88. The van der Waals surface area contributed by atoms with Crippen molar-refractivity contribution in [1.82, 2.24) is 9.88 Å².